The Labute approximate surface area is 172 Å². The number of H-pyrrole nitrogens is 1. The molecule has 0 amide bonds. The highest BCUT2D eigenvalue weighted by Crippen LogP contribution is 2.24. The van der Waals surface area contributed by atoms with Crippen molar-refractivity contribution in [2.24, 2.45) is 10.9 Å². The van der Waals surface area contributed by atoms with Gasteiger partial charge in [-0.05, 0) is 30.9 Å². The van der Waals surface area contributed by atoms with Crippen LogP contribution in [0.5, 0.6) is 0 Å². The normalized spacial score (nSPS) is 16.0. The number of aromatic amines is 1. The number of guanidine groups is 1. The average molecular weight is 472 g/mol. The Hall–Kier alpha value is -1.58. The van der Waals surface area contributed by atoms with E-state index in [0.29, 0.717) is 11.8 Å². The fourth-order valence-corrected chi connectivity index (χ4v) is 3.07. The molecule has 0 unspecified atom stereocenters. The molecule has 8 heteroatoms. The van der Waals surface area contributed by atoms with Crippen LogP contribution in [0.2, 0.25) is 0 Å². The zero-order valence-electron chi connectivity index (χ0n) is 15.5. The summed E-state index contributed by atoms with van der Waals surface area (Å²) in [4.78, 5) is 11.5. The smallest absolute Gasteiger partial charge is 0.193 e. The molecular weight excluding hydrogens is 443 g/mol. The molecule has 0 aromatic carbocycles. The van der Waals surface area contributed by atoms with E-state index in [9.17, 15) is 0 Å². The van der Waals surface area contributed by atoms with Gasteiger partial charge in [-0.15, -0.1) is 24.0 Å². The zero-order chi connectivity index (χ0) is 17.5. The van der Waals surface area contributed by atoms with Gasteiger partial charge in [0, 0.05) is 38.5 Å². The van der Waals surface area contributed by atoms with Crippen molar-refractivity contribution in [3.05, 3.63) is 36.3 Å². The van der Waals surface area contributed by atoms with E-state index in [2.05, 4.69) is 39.2 Å². The first-order valence-electron chi connectivity index (χ1n) is 9.13. The Balaban J connectivity index is 0.00000243. The van der Waals surface area contributed by atoms with E-state index >= 15 is 0 Å². The summed E-state index contributed by atoms with van der Waals surface area (Å²) in [6.45, 7) is 8.02. The first kappa shape index (κ1) is 20.7. The molecule has 7 nitrogen and oxygen atoms in total. The largest absolute Gasteiger partial charge is 0.469 e. The lowest BCUT2D eigenvalue weighted by molar-refractivity contribution is 0.298. The summed E-state index contributed by atoms with van der Waals surface area (Å²) in [7, 11) is 0. The Morgan fingerprint density at radius 2 is 2.23 bits per heavy atom. The third-order valence-corrected chi connectivity index (χ3v) is 4.46. The highest BCUT2D eigenvalue weighted by Gasteiger charge is 2.24. The molecule has 1 saturated heterocycles. The fourth-order valence-electron chi connectivity index (χ4n) is 3.07. The lowest BCUT2D eigenvalue weighted by Gasteiger charge is -2.33. The van der Waals surface area contributed by atoms with Crippen molar-refractivity contribution in [3.63, 3.8) is 0 Å². The predicted octanol–water partition coefficient (Wildman–Crippen LogP) is 3.04. The van der Waals surface area contributed by atoms with Gasteiger partial charge in [0.15, 0.2) is 5.96 Å². The molecule has 1 aliphatic rings. The van der Waals surface area contributed by atoms with Crippen molar-refractivity contribution < 1.29 is 4.42 Å². The van der Waals surface area contributed by atoms with Crippen molar-refractivity contribution in [1.29, 1.82) is 0 Å². The minimum atomic E-state index is 0. The van der Waals surface area contributed by atoms with Crippen molar-refractivity contribution in [2.75, 3.05) is 26.2 Å². The topological polar surface area (TPSA) is 82.3 Å². The number of aliphatic imine (C=N–C) groups is 1. The number of halogens is 1. The molecule has 1 aliphatic heterocycles. The van der Waals surface area contributed by atoms with Crippen LogP contribution in [-0.2, 0) is 6.42 Å². The van der Waals surface area contributed by atoms with E-state index in [4.69, 9.17) is 9.41 Å². The molecule has 2 N–H and O–H groups in total. The first-order chi connectivity index (χ1) is 12.2. The number of hydrogen-bond acceptors (Lipinski definition) is 4. The number of rotatable bonds is 6. The van der Waals surface area contributed by atoms with Crippen LogP contribution < -0.4 is 5.32 Å². The van der Waals surface area contributed by atoms with E-state index in [0.717, 1.165) is 63.0 Å². The van der Waals surface area contributed by atoms with Gasteiger partial charge in [0.2, 0.25) is 0 Å². The average Bonchev–Trinajstić information content (AvgIpc) is 3.31. The quantitative estimate of drug-likeness (QED) is 0.384. The lowest BCUT2D eigenvalue weighted by atomic mass is 9.96. The molecule has 3 rings (SSSR count). The third kappa shape index (κ3) is 6.00. The number of hydrogen-bond donors (Lipinski definition) is 2. The van der Waals surface area contributed by atoms with Crippen LogP contribution in [0.4, 0.5) is 0 Å². The van der Waals surface area contributed by atoms with Gasteiger partial charge in [-0.25, -0.2) is 4.98 Å². The summed E-state index contributed by atoms with van der Waals surface area (Å²) < 4.78 is 5.40. The fraction of sp³-hybridized carbons (Fsp3) is 0.611. The van der Waals surface area contributed by atoms with E-state index in [1.807, 2.05) is 12.1 Å². The molecule has 0 aliphatic carbocycles. The van der Waals surface area contributed by atoms with E-state index in [1.54, 1.807) is 12.6 Å². The SMILES string of the molecule is CC(C)CN=C(NCCc1ccco1)N1CCC(c2ncn[nH]2)CC1.I. The number of nitrogens with zero attached hydrogens (tertiary/aromatic N) is 4. The molecule has 26 heavy (non-hydrogen) atoms. The maximum absolute atomic E-state index is 5.40. The van der Waals surface area contributed by atoms with Gasteiger partial charge in [0.25, 0.3) is 0 Å². The Bertz CT molecular complexity index is 633. The second-order valence-electron chi connectivity index (χ2n) is 6.95. The highest BCUT2D eigenvalue weighted by molar-refractivity contribution is 14.0. The van der Waals surface area contributed by atoms with Gasteiger partial charge >= 0.3 is 0 Å². The Kier molecular flexibility index (Phi) is 8.40. The van der Waals surface area contributed by atoms with Crippen LogP contribution >= 0.6 is 24.0 Å². The van der Waals surface area contributed by atoms with Crippen molar-refractivity contribution in [1.82, 2.24) is 25.4 Å². The monoisotopic (exact) mass is 472 g/mol. The van der Waals surface area contributed by atoms with Crippen molar-refractivity contribution in [3.8, 4) is 0 Å². The van der Waals surface area contributed by atoms with Gasteiger partial charge < -0.3 is 14.6 Å². The Morgan fingerprint density at radius 3 is 2.85 bits per heavy atom. The van der Waals surface area contributed by atoms with Crippen molar-refractivity contribution >= 4 is 29.9 Å². The molecule has 0 spiro atoms. The molecule has 1 fully saturated rings. The molecule has 2 aromatic heterocycles. The van der Waals surface area contributed by atoms with Crippen molar-refractivity contribution in [2.45, 2.75) is 39.0 Å². The predicted molar refractivity (Wildman–Crippen MR) is 113 cm³/mol. The Morgan fingerprint density at radius 1 is 1.42 bits per heavy atom. The van der Waals surface area contributed by atoms with Gasteiger partial charge in [-0.3, -0.25) is 10.1 Å². The summed E-state index contributed by atoms with van der Waals surface area (Å²) >= 11 is 0. The molecule has 144 valence electrons. The van der Waals surface area contributed by atoms with Gasteiger partial charge in [0.05, 0.1) is 6.26 Å². The van der Waals surface area contributed by atoms with Crippen LogP contribution in [-0.4, -0.2) is 52.2 Å². The van der Waals surface area contributed by atoms with Crippen LogP contribution in [0.15, 0.2) is 34.1 Å². The molecular formula is C18H29IN6O. The highest BCUT2D eigenvalue weighted by atomic mass is 127. The van der Waals surface area contributed by atoms with Crippen LogP contribution in [0, 0.1) is 5.92 Å². The zero-order valence-corrected chi connectivity index (χ0v) is 17.8. The standard InChI is InChI=1S/C18H28N6O.HI/c1-14(2)12-20-18(19-8-5-16-4-3-11-25-16)24-9-6-15(7-10-24)17-21-13-22-23-17;/h3-4,11,13-15H,5-10,12H2,1-2H3,(H,19,20)(H,21,22,23);1H. The number of piperidine rings is 1. The summed E-state index contributed by atoms with van der Waals surface area (Å²) in [5, 5.41) is 10.5. The van der Waals surface area contributed by atoms with Gasteiger partial charge in [-0.2, -0.15) is 5.10 Å². The molecule has 0 radical (unpaired) electrons. The summed E-state index contributed by atoms with van der Waals surface area (Å²) in [6, 6.07) is 3.94. The molecule has 3 heterocycles. The van der Waals surface area contributed by atoms with E-state index in [-0.39, 0.29) is 24.0 Å². The summed E-state index contributed by atoms with van der Waals surface area (Å²) in [5.74, 6) is 4.03. The number of aromatic nitrogens is 3. The molecule has 0 bridgehead atoms. The van der Waals surface area contributed by atoms with Crippen LogP contribution in [0.3, 0.4) is 0 Å². The minimum absolute atomic E-state index is 0. The van der Waals surface area contributed by atoms with Gasteiger partial charge in [0.1, 0.15) is 17.9 Å². The minimum Gasteiger partial charge on any atom is -0.469 e. The van der Waals surface area contributed by atoms with E-state index < -0.39 is 0 Å². The van der Waals surface area contributed by atoms with Gasteiger partial charge in [-0.1, -0.05) is 13.8 Å². The number of furan rings is 1. The number of nitrogens with one attached hydrogen (secondary N) is 2. The third-order valence-electron chi connectivity index (χ3n) is 4.46. The second kappa shape index (κ2) is 10.5. The molecule has 0 atom stereocenters. The second-order valence-corrected chi connectivity index (χ2v) is 6.95. The summed E-state index contributed by atoms with van der Waals surface area (Å²) in [5.41, 5.74) is 0. The summed E-state index contributed by atoms with van der Waals surface area (Å²) in [6.07, 6.45) is 6.30. The maximum atomic E-state index is 5.40. The van der Waals surface area contributed by atoms with Crippen LogP contribution in [0.25, 0.3) is 0 Å². The lowest BCUT2D eigenvalue weighted by Crippen LogP contribution is -2.46. The molecule has 0 saturated carbocycles. The van der Waals surface area contributed by atoms with E-state index in [1.165, 1.54) is 0 Å². The first-order valence-corrected chi connectivity index (χ1v) is 9.13. The van der Waals surface area contributed by atoms with Crippen LogP contribution in [0.1, 0.15) is 44.2 Å². The molecule has 2 aromatic rings. The maximum Gasteiger partial charge on any atom is 0.193 e. The number of likely N-dealkylation sites (tertiary alicyclic amines) is 1.